The number of carbonyl (C=O) groups excluding carboxylic acids is 1. The third-order valence-electron chi connectivity index (χ3n) is 7.78. The van der Waals surface area contributed by atoms with Gasteiger partial charge in [0.15, 0.2) is 0 Å². The van der Waals surface area contributed by atoms with E-state index < -0.39 is 0 Å². The van der Waals surface area contributed by atoms with Gasteiger partial charge in [0.25, 0.3) is 5.56 Å². The van der Waals surface area contributed by atoms with Gasteiger partial charge in [0, 0.05) is 43.6 Å². The maximum absolute atomic E-state index is 13.7. The average Bonchev–Trinajstić information content (AvgIpc) is 3.52. The van der Waals surface area contributed by atoms with E-state index in [0.717, 1.165) is 55.5 Å². The molecule has 1 saturated heterocycles. The predicted molar refractivity (Wildman–Crippen MR) is 144 cm³/mol. The van der Waals surface area contributed by atoms with Crippen LogP contribution in [0.5, 0.6) is 0 Å². The number of hydrogen-bond donors (Lipinski definition) is 2. The summed E-state index contributed by atoms with van der Waals surface area (Å²) in [6, 6.07) is 15.1. The number of nitrogens with one attached hydrogen (secondary N) is 2. The van der Waals surface area contributed by atoms with Gasteiger partial charge < -0.3 is 19.7 Å². The Hall–Kier alpha value is -3.20. The lowest BCUT2D eigenvalue weighted by atomic mass is 10.0. The number of piperazine rings is 1. The van der Waals surface area contributed by atoms with Crippen LogP contribution in [0.3, 0.4) is 0 Å². The molecule has 6 rings (SSSR count). The van der Waals surface area contributed by atoms with Crippen molar-refractivity contribution in [2.24, 2.45) is 0 Å². The summed E-state index contributed by atoms with van der Waals surface area (Å²) < 4.78 is 7.23. The number of halogens is 1. The smallest absolute Gasteiger partial charge is 0.264 e. The van der Waals surface area contributed by atoms with E-state index in [1.54, 1.807) is 13.0 Å². The first-order valence-electron chi connectivity index (χ1n) is 12.9. The number of nitrogens with zero attached hydrogens (tertiary/aromatic N) is 3. The summed E-state index contributed by atoms with van der Waals surface area (Å²) in [5, 5.41) is 12.6. The lowest BCUT2D eigenvalue weighted by molar-refractivity contribution is -0.127. The second kappa shape index (κ2) is 9.93. The van der Waals surface area contributed by atoms with Crippen molar-refractivity contribution in [1.29, 1.82) is 0 Å². The first-order chi connectivity index (χ1) is 18.0. The Morgan fingerprint density at radius 1 is 1.11 bits per heavy atom. The molecule has 1 amide bonds. The molecule has 2 fully saturated rings. The molecule has 2 aromatic carbocycles. The van der Waals surface area contributed by atoms with E-state index in [9.17, 15) is 9.59 Å². The Labute approximate surface area is 219 Å². The van der Waals surface area contributed by atoms with Crippen LogP contribution >= 0.6 is 11.6 Å². The molecule has 2 N–H and O–H groups in total. The summed E-state index contributed by atoms with van der Waals surface area (Å²) >= 11 is 6.58. The van der Waals surface area contributed by atoms with Crippen LogP contribution in [0.4, 0.5) is 0 Å². The van der Waals surface area contributed by atoms with Gasteiger partial charge in [0.05, 0.1) is 10.5 Å². The van der Waals surface area contributed by atoms with E-state index in [0.29, 0.717) is 28.1 Å². The Morgan fingerprint density at radius 2 is 1.89 bits per heavy atom. The highest BCUT2D eigenvalue weighted by Crippen LogP contribution is 2.36. The fraction of sp³-hybridized carbons (Fsp3) is 0.393. The topological polar surface area (TPSA) is 92.4 Å². The molecule has 0 radical (unpaired) electrons. The van der Waals surface area contributed by atoms with Crippen molar-refractivity contribution in [2.75, 3.05) is 26.2 Å². The Balaban J connectivity index is 1.29. The van der Waals surface area contributed by atoms with Gasteiger partial charge in [0.2, 0.25) is 5.91 Å². The number of amides is 1. The molecule has 4 aromatic rings. The number of pyridine rings is 1. The van der Waals surface area contributed by atoms with Crippen molar-refractivity contribution in [3.63, 3.8) is 0 Å². The number of rotatable bonds is 5. The molecule has 2 aliphatic rings. The maximum atomic E-state index is 13.7. The maximum Gasteiger partial charge on any atom is 0.264 e. The first kappa shape index (κ1) is 24.2. The molecule has 1 saturated carbocycles. The minimum atomic E-state index is -0.333. The molecule has 2 aromatic heterocycles. The summed E-state index contributed by atoms with van der Waals surface area (Å²) in [6.45, 7) is 5.12. The van der Waals surface area contributed by atoms with E-state index in [-0.39, 0.29) is 29.6 Å². The van der Waals surface area contributed by atoms with Crippen molar-refractivity contribution in [1.82, 2.24) is 25.3 Å². The number of benzene rings is 2. The Bertz CT molecular complexity index is 1510. The second-order valence-electron chi connectivity index (χ2n) is 10.0. The van der Waals surface area contributed by atoms with Gasteiger partial charge in [-0.3, -0.25) is 14.5 Å². The van der Waals surface area contributed by atoms with Crippen LogP contribution in [0.15, 0.2) is 57.8 Å². The van der Waals surface area contributed by atoms with Crippen LogP contribution in [0.1, 0.15) is 42.7 Å². The summed E-state index contributed by atoms with van der Waals surface area (Å²) in [6.07, 6.45) is 2.26. The van der Waals surface area contributed by atoms with Gasteiger partial charge in [-0.15, -0.1) is 0 Å². The molecule has 8 nitrogen and oxygen atoms in total. The fourth-order valence-electron chi connectivity index (χ4n) is 6.04. The molecule has 0 bridgehead atoms. The lowest BCUT2D eigenvalue weighted by Crippen LogP contribution is -2.50. The van der Waals surface area contributed by atoms with E-state index in [1.807, 2.05) is 47.0 Å². The van der Waals surface area contributed by atoms with Crippen LogP contribution in [-0.2, 0) is 4.79 Å². The van der Waals surface area contributed by atoms with Gasteiger partial charge in [-0.1, -0.05) is 53.2 Å². The molecular formula is C28H30ClN5O3. The number of hydrogen-bond acceptors (Lipinski definition) is 6. The zero-order valence-electron chi connectivity index (χ0n) is 20.7. The predicted octanol–water partition coefficient (Wildman–Crippen LogP) is 3.96. The van der Waals surface area contributed by atoms with Crippen LogP contribution in [0.2, 0.25) is 5.02 Å². The van der Waals surface area contributed by atoms with Gasteiger partial charge in [-0.2, -0.15) is 0 Å². The Kier molecular flexibility index (Phi) is 6.48. The lowest BCUT2D eigenvalue weighted by Gasteiger charge is -2.35. The molecular weight excluding hydrogens is 490 g/mol. The van der Waals surface area contributed by atoms with Gasteiger partial charge >= 0.3 is 0 Å². The van der Waals surface area contributed by atoms with Crippen LogP contribution in [-0.4, -0.2) is 52.8 Å². The van der Waals surface area contributed by atoms with E-state index in [4.69, 9.17) is 16.1 Å². The number of aromatic nitrogens is 2. The molecule has 1 aliphatic carbocycles. The van der Waals surface area contributed by atoms with Crippen molar-refractivity contribution in [2.45, 2.75) is 44.3 Å². The van der Waals surface area contributed by atoms with Crippen LogP contribution in [0, 0.1) is 6.92 Å². The highest BCUT2D eigenvalue weighted by molar-refractivity contribution is 6.37. The standard InChI is InChI=1S/C28H30ClN5O3/c1-17-23-25(32-37-17)24-21(29)8-5-9-22(24)34(28(23)36)20-11-10-19(16-20)31-27(35)26(18-6-3-2-4-7-18)33-14-12-30-13-15-33/h2-9,19-20,26,30H,10-16H2,1H3,(H,31,35). The third kappa shape index (κ3) is 4.33. The van der Waals surface area contributed by atoms with Crippen molar-refractivity contribution in [3.8, 4) is 0 Å². The zero-order valence-corrected chi connectivity index (χ0v) is 21.5. The van der Waals surface area contributed by atoms with Crippen LogP contribution < -0.4 is 16.2 Å². The van der Waals surface area contributed by atoms with Crippen molar-refractivity contribution < 1.29 is 9.32 Å². The normalized spacial score (nSPS) is 21.5. The van der Waals surface area contributed by atoms with Crippen LogP contribution in [0.25, 0.3) is 21.8 Å². The second-order valence-corrected chi connectivity index (χ2v) is 10.5. The average molecular weight is 520 g/mol. The number of aryl methyl sites for hydroxylation is 1. The third-order valence-corrected chi connectivity index (χ3v) is 8.10. The molecule has 3 unspecified atom stereocenters. The molecule has 37 heavy (non-hydrogen) atoms. The molecule has 9 heteroatoms. The highest BCUT2D eigenvalue weighted by Gasteiger charge is 2.34. The summed E-state index contributed by atoms with van der Waals surface area (Å²) in [4.78, 5) is 29.6. The highest BCUT2D eigenvalue weighted by atomic mass is 35.5. The van der Waals surface area contributed by atoms with Crippen molar-refractivity contribution in [3.05, 3.63) is 75.2 Å². The van der Waals surface area contributed by atoms with Gasteiger partial charge in [-0.05, 0) is 43.9 Å². The minimum absolute atomic E-state index is 0.0179. The summed E-state index contributed by atoms with van der Waals surface area (Å²) in [5.41, 5.74) is 2.13. The van der Waals surface area contributed by atoms with Gasteiger partial charge in [-0.25, -0.2) is 0 Å². The molecule has 0 spiro atoms. The monoisotopic (exact) mass is 519 g/mol. The fourth-order valence-corrected chi connectivity index (χ4v) is 6.30. The van der Waals surface area contributed by atoms with E-state index >= 15 is 0 Å². The Morgan fingerprint density at radius 3 is 2.68 bits per heavy atom. The minimum Gasteiger partial charge on any atom is -0.360 e. The number of carbonyl (C=O) groups is 1. The molecule has 3 heterocycles. The zero-order chi connectivity index (χ0) is 25.5. The molecule has 3 atom stereocenters. The van der Waals surface area contributed by atoms with E-state index in [2.05, 4.69) is 20.7 Å². The number of fused-ring (bicyclic) bond motifs is 3. The largest absolute Gasteiger partial charge is 0.360 e. The van der Waals surface area contributed by atoms with Crippen molar-refractivity contribution >= 4 is 39.3 Å². The SMILES string of the molecule is Cc1onc2c1c(=O)n(C1CCC(NC(=O)C(c3ccccc3)N3CCNCC3)C1)c1cccc(Cl)c21. The summed E-state index contributed by atoms with van der Waals surface area (Å²) in [5.74, 6) is 0.504. The first-order valence-corrected chi connectivity index (χ1v) is 13.3. The van der Waals surface area contributed by atoms with E-state index in [1.165, 1.54) is 0 Å². The van der Waals surface area contributed by atoms with Gasteiger partial charge in [0.1, 0.15) is 22.7 Å². The quantitative estimate of drug-likeness (QED) is 0.414. The summed E-state index contributed by atoms with van der Waals surface area (Å²) in [7, 11) is 0. The molecule has 1 aliphatic heterocycles. The molecule has 192 valence electrons.